The molecule has 0 unspecified atom stereocenters. The number of nitrogens with one attached hydrogen (secondary N) is 2. The Morgan fingerprint density at radius 3 is 1.29 bits per heavy atom. The first-order valence-corrected chi connectivity index (χ1v) is 23.4. The maximum Gasteiger partial charge on any atom is 0.407 e. The van der Waals surface area contributed by atoms with Crippen molar-refractivity contribution in [1.29, 1.82) is 0 Å². The van der Waals surface area contributed by atoms with E-state index in [-0.39, 0.29) is 6.61 Å². The third-order valence-corrected chi connectivity index (χ3v) is 9.64. The molecular weight excluding hydrogens is 741 g/mol. The SMILES string of the molecule is CCCCCCCCCCCCCCOCCCOC(=O)NCCOCCOCCNC(=O)OCC(C)(C)OCC(C)(C)OC.CCCCCCCCCCCCO. The van der Waals surface area contributed by atoms with Gasteiger partial charge < -0.3 is 48.9 Å². The Bertz CT molecular complexity index is 852. The van der Waals surface area contributed by atoms with E-state index in [4.69, 9.17) is 38.3 Å². The maximum atomic E-state index is 11.9. The van der Waals surface area contributed by atoms with E-state index in [0.29, 0.717) is 72.4 Å². The molecule has 0 atom stereocenters. The number of methoxy groups -OCH3 is 1. The summed E-state index contributed by atoms with van der Waals surface area (Å²) in [7, 11) is 1.63. The summed E-state index contributed by atoms with van der Waals surface area (Å²) in [6.07, 6.45) is 29.0. The Morgan fingerprint density at radius 2 is 0.845 bits per heavy atom. The minimum atomic E-state index is -0.632. The van der Waals surface area contributed by atoms with E-state index in [1.54, 1.807) is 7.11 Å². The van der Waals surface area contributed by atoms with Crippen LogP contribution in [0, 0.1) is 0 Å². The molecule has 0 aromatic rings. The van der Waals surface area contributed by atoms with Crippen molar-refractivity contribution in [2.24, 2.45) is 0 Å². The van der Waals surface area contributed by atoms with Crippen molar-refractivity contribution in [2.75, 3.05) is 86.3 Å². The molecule has 0 radical (unpaired) electrons. The van der Waals surface area contributed by atoms with E-state index in [0.717, 1.165) is 19.4 Å². The van der Waals surface area contributed by atoms with Crippen LogP contribution in [0.15, 0.2) is 0 Å². The van der Waals surface area contributed by atoms with Gasteiger partial charge in [0.25, 0.3) is 0 Å². The number of hydrogen-bond acceptors (Lipinski definition) is 10. The number of alkyl carbamates (subject to hydrolysis) is 2. The molecule has 0 spiro atoms. The molecule has 0 heterocycles. The fourth-order valence-electron chi connectivity index (χ4n) is 5.66. The molecule has 3 N–H and O–H groups in total. The summed E-state index contributed by atoms with van der Waals surface area (Å²) in [5, 5.41) is 13.9. The lowest BCUT2D eigenvalue weighted by molar-refractivity contribution is -0.121. The first-order valence-electron chi connectivity index (χ1n) is 23.4. The summed E-state index contributed by atoms with van der Waals surface area (Å²) in [5.74, 6) is 0. The van der Waals surface area contributed by atoms with Gasteiger partial charge in [0.05, 0.1) is 50.8 Å². The van der Waals surface area contributed by atoms with Crippen LogP contribution in [0.25, 0.3) is 0 Å². The number of unbranched alkanes of at least 4 members (excludes halogenated alkanes) is 20. The van der Waals surface area contributed by atoms with Crippen LogP contribution in [-0.2, 0) is 33.2 Å². The second-order valence-corrected chi connectivity index (χ2v) is 16.6. The highest BCUT2D eigenvalue weighted by atomic mass is 16.6. The summed E-state index contributed by atoms with van der Waals surface area (Å²) < 4.78 is 38.0. The number of aliphatic hydroxyl groups is 1. The Hall–Kier alpha value is -1.70. The van der Waals surface area contributed by atoms with Gasteiger partial charge in [0.2, 0.25) is 0 Å². The molecule has 12 nitrogen and oxygen atoms in total. The van der Waals surface area contributed by atoms with E-state index in [1.165, 1.54) is 128 Å². The van der Waals surface area contributed by atoms with Crippen LogP contribution in [0.5, 0.6) is 0 Å². The number of carbonyl (C=O) groups is 2. The molecule has 0 aliphatic heterocycles. The Labute approximate surface area is 356 Å². The highest BCUT2D eigenvalue weighted by Crippen LogP contribution is 2.16. The molecule has 0 aromatic heterocycles. The van der Waals surface area contributed by atoms with Crippen molar-refractivity contribution in [1.82, 2.24) is 10.6 Å². The van der Waals surface area contributed by atoms with E-state index >= 15 is 0 Å². The molecule has 0 rings (SSSR count). The molecule has 0 bridgehead atoms. The highest BCUT2D eigenvalue weighted by molar-refractivity contribution is 5.67. The lowest BCUT2D eigenvalue weighted by Gasteiger charge is -2.30. The van der Waals surface area contributed by atoms with E-state index in [2.05, 4.69) is 24.5 Å². The Morgan fingerprint density at radius 1 is 0.448 bits per heavy atom. The average molecular weight is 835 g/mol. The standard InChI is InChI=1S/C34H68N2O9.C12H26O/c1-7-8-9-10-11-12-13-14-15-16-17-18-22-40-23-19-24-43-31(37)35-20-25-41-27-28-42-26-21-36-32(38)44-29-34(4,5)45-30-33(2,3)39-6;1-2-3-4-5-6-7-8-9-10-11-12-13/h7-30H2,1-6H3,(H,35,37)(H,36,38);13H,2-12H2,1H3. The largest absolute Gasteiger partial charge is 0.449 e. The van der Waals surface area contributed by atoms with Crippen molar-refractivity contribution in [3.05, 3.63) is 0 Å². The van der Waals surface area contributed by atoms with Crippen LogP contribution in [0.1, 0.15) is 189 Å². The summed E-state index contributed by atoms with van der Waals surface area (Å²) >= 11 is 0. The zero-order valence-electron chi connectivity index (χ0n) is 38.9. The van der Waals surface area contributed by atoms with Gasteiger partial charge in [-0.25, -0.2) is 9.59 Å². The summed E-state index contributed by atoms with van der Waals surface area (Å²) in [6, 6.07) is 0. The van der Waals surface area contributed by atoms with Crippen LogP contribution >= 0.6 is 0 Å². The van der Waals surface area contributed by atoms with Gasteiger partial charge in [-0.15, -0.1) is 0 Å². The third kappa shape index (κ3) is 48.7. The van der Waals surface area contributed by atoms with Crippen LogP contribution in [-0.4, -0.2) is 115 Å². The van der Waals surface area contributed by atoms with Crippen molar-refractivity contribution < 1.29 is 47.9 Å². The predicted molar refractivity (Wildman–Crippen MR) is 237 cm³/mol. The minimum absolute atomic E-state index is 0.114. The summed E-state index contributed by atoms with van der Waals surface area (Å²) in [4.78, 5) is 23.6. The number of rotatable bonds is 42. The fraction of sp³-hybridized carbons (Fsp3) is 0.957. The predicted octanol–water partition coefficient (Wildman–Crippen LogP) is 10.7. The molecule has 0 saturated heterocycles. The molecule has 348 valence electrons. The van der Waals surface area contributed by atoms with E-state index in [9.17, 15) is 9.59 Å². The lowest BCUT2D eigenvalue weighted by Crippen LogP contribution is -2.40. The highest BCUT2D eigenvalue weighted by Gasteiger charge is 2.26. The molecule has 58 heavy (non-hydrogen) atoms. The zero-order valence-corrected chi connectivity index (χ0v) is 38.9. The number of amides is 2. The monoisotopic (exact) mass is 835 g/mol. The Kier molecular flexibility index (Phi) is 45.1. The summed E-state index contributed by atoms with van der Waals surface area (Å²) in [5.41, 5.74) is -1.04. The van der Waals surface area contributed by atoms with Crippen molar-refractivity contribution in [2.45, 2.75) is 200 Å². The quantitative estimate of drug-likeness (QED) is 0.0509. The van der Waals surface area contributed by atoms with Crippen LogP contribution in [0.2, 0.25) is 0 Å². The van der Waals surface area contributed by atoms with Gasteiger partial charge in [-0.05, 0) is 40.5 Å². The molecule has 2 amide bonds. The molecule has 0 aliphatic rings. The zero-order chi connectivity index (χ0) is 43.3. The Balaban J connectivity index is 0. The molecule has 0 aliphatic carbocycles. The second-order valence-electron chi connectivity index (χ2n) is 16.6. The molecule has 0 saturated carbocycles. The number of hydrogen-bond donors (Lipinski definition) is 3. The first-order chi connectivity index (χ1) is 28.0. The maximum absolute atomic E-state index is 11.9. The summed E-state index contributed by atoms with van der Waals surface area (Å²) in [6.45, 7) is 16.7. The smallest absolute Gasteiger partial charge is 0.407 e. The van der Waals surface area contributed by atoms with E-state index < -0.39 is 23.4 Å². The number of carbonyl (C=O) groups excluding carboxylic acids is 2. The van der Waals surface area contributed by atoms with Gasteiger partial charge in [-0.1, -0.05) is 142 Å². The van der Waals surface area contributed by atoms with Crippen LogP contribution < -0.4 is 10.6 Å². The van der Waals surface area contributed by atoms with Gasteiger partial charge in [-0.2, -0.15) is 0 Å². The third-order valence-electron chi connectivity index (χ3n) is 9.64. The number of aliphatic hydroxyl groups excluding tert-OH is 1. The topological polar surface area (TPSA) is 143 Å². The molecule has 0 fully saturated rings. The van der Waals surface area contributed by atoms with Crippen molar-refractivity contribution >= 4 is 12.2 Å². The van der Waals surface area contributed by atoms with Gasteiger partial charge in [0.1, 0.15) is 6.61 Å². The fourth-order valence-corrected chi connectivity index (χ4v) is 5.66. The normalized spacial score (nSPS) is 11.6. The molecule has 12 heteroatoms. The first kappa shape index (κ1) is 58.4. The van der Waals surface area contributed by atoms with Crippen LogP contribution in [0.3, 0.4) is 0 Å². The lowest BCUT2D eigenvalue weighted by atomic mass is 10.1. The van der Waals surface area contributed by atoms with E-state index in [1.807, 2.05) is 27.7 Å². The van der Waals surface area contributed by atoms with Gasteiger partial charge >= 0.3 is 12.2 Å². The van der Waals surface area contributed by atoms with Crippen molar-refractivity contribution in [3.8, 4) is 0 Å². The van der Waals surface area contributed by atoms with Gasteiger partial charge in [0, 0.05) is 46.4 Å². The van der Waals surface area contributed by atoms with Gasteiger partial charge in [0.15, 0.2) is 0 Å². The van der Waals surface area contributed by atoms with Crippen molar-refractivity contribution in [3.63, 3.8) is 0 Å². The molecule has 0 aromatic carbocycles. The van der Waals surface area contributed by atoms with Gasteiger partial charge in [-0.3, -0.25) is 0 Å². The second kappa shape index (κ2) is 44.8. The average Bonchev–Trinajstić information content (AvgIpc) is 3.21. The van der Waals surface area contributed by atoms with Crippen LogP contribution in [0.4, 0.5) is 9.59 Å². The molecular formula is C46H94N2O10. The number of ether oxygens (including phenoxy) is 7. The minimum Gasteiger partial charge on any atom is -0.449 e.